The highest BCUT2D eigenvalue weighted by Gasteiger charge is 2.27. The molecule has 5 nitrogen and oxygen atoms in total. The lowest BCUT2D eigenvalue weighted by Crippen LogP contribution is -2.34. The highest BCUT2D eigenvalue weighted by molar-refractivity contribution is 5.56. The fourth-order valence-corrected chi connectivity index (χ4v) is 0.631. The number of rotatable bonds is 1. The molecule has 0 bridgehead atoms. The van der Waals surface area contributed by atoms with E-state index in [2.05, 4.69) is 11.3 Å². The Balaban J connectivity index is 2.55. The van der Waals surface area contributed by atoms with Gasteiger partial charge in [0.05, 0.1) is 0 Å². The molecule has 0 N–H and O–H groups in total. The molecule has 0 saturated heterocycles. The van der Waals surface area contributed by atoms with Crippen molar-refractivity contribution in [2.24, 2.45) is 4.99 Å². The second-order valence-electron chi connectivity index (χ2n) is 1.82. The van der Waals surface area contributed by atoms with Gasteiger partial charge in [-0.1, -0.05) is 0 Å². The largest absolute Gasteiger partial charge is 0.307 e. The molecule has 1 aliphatic rings. The first-order valence-electron chi connectivity index (χ1n) is 2.50. The zero-order valence-corrected chi connectivity index (χ0v) is 4.94. The summed E-state index contributed by atoms with van der Waals surface area (Å²) in [6, 6.07) is 0. The van der Waals surface area contributed by atoms with Crippen LogP contribution in [0.25, 0.3) is 0 Å². The molecular weight excluding hydrogens is 122 g/mol. The van der Waals surface area contributed by atoms with Crippen molar-refractivity contribution in [3.63, 3.8) is 0 Å². The van der Waals surface area contributed by atoms with Crippen LogP contribution in [0, 0.1) is 10.1 Å². The Morgan fingerprint density at radius 2 is 2.67 bits per heavy atom. The first-order valence-corrected chi connectivity index (χ1v) is 2.50. The SMILES string of the molecule is CN1[C]=NCC1[N+](=O)[O-]. The molecule has 0 aliphatic carbocycles. The predicted molar refractivity (Wildman–Crippen MR) is 30.8 cm³/mol. The Kier molecular flexibility index (Phi) is 1.33. The predicted octanol–water partition coefficient (Wildman–Crippen LogP) is -0.560. The topological polar surface area (TPSA) is 58.7 Å². The monoisotopic (exact) mass is 128 g/mol. The molecule has 5 heteroatoms. The van der Waals surface area contributed by atoms with E-state index >= 15 is 0 Å². The molecule has 0 fully saturated rings. The quantitative estimate of drug-likeness (QED) is 0.351. The highest BCUT2D eigenvalue weighted by Crippen LogP contribution is 2.01. The van der Waals surface area contributed by atoms with Crippen molar-refractivity contribution < 1.29 is 4.92 Å². The van der Waals surface area contributed by atoms with E-state index in [9.17, 15) is 10.1 Å². The zero-order chi connectivity index (χ0) is 6.85. The summed E-state index contributed by atoms with van der Waals surface area (Å²) < 4.78 is 0. The van der Waals surface area contributed by atoms with Gasteiger partial charge >= 0.3 is 6.17 Å². The van der Waals surface area contributed by atoms with Gasteiger partial charge in [-0.3, -0.25) is 20.0 Å². The van der Waals surface area contributed by atoms with Crippen LogP contribution in [0.15, 0.2) is 4.99 Å². The molecule has 49 valence electrons. The molecule has 0 aromatic carbocycles. The Bertz CT molecular complexity index is 156. The minimum absolute atomic E-state index is 0.226. The summed E-state index contributed by atoms with van der Waals surface area (Å²) in [5, 5.41) is 10.1. The normalized spacial score (nSPS) is 25.0. The summed E-state index contributed by atoms with van der Waals surface area (Å²) in [7, 11) is 1.59. The molecule has 1 unspecified atom stereocenters. The van der Waals surface area contributed by atoms with Gasteiger partial charge in [0.15, 0.2) is 6.34 Å². The van der Waals surface area contributed by atoms with Gasteiger partial charge < -0.3 is 0 Å². The summed E-state index contributed by atoms with van der Waals surface area (Å²) in [6.45, 7) is 0.226. The van der Waals surface area contributed by atoms with Crippen LogP contribution in [0.2, 0.25) is 0 Å². The molecule has 0 aromatic heterocycles. The third kappa shape index (κ3) is 0.984. The van der Waals surface area contributed by atoms with Crippen LogP contribution in [0.3, 0.4) is 0 Å². The summed E-state index contributed by atoms with van der Waals surface area (Å²) in [6.07, 6.45) is 1.78. The third-order valence-corrected chi connectivity index (χ3v) is 1.17. The first kappa shape index (κ1) is 6.00. The fraction of sp³-hybridized carbons (Fsp3) is 0.750. The molecule has 0 aromatic rings. The molecule has 0 spiro atoms. The number of nitro groups is 1. The van der Waals surface area contributed by atoms with E-state index in [-0.39, 0.29) is 11.5 Å². The van der Waals surface area contributed by atoms with E-state index in [0.717, 1.165) is 0 Å². The fourth-order valence-electron chi connectivity index (χ4n) is 0.631. The molecule has 1 atom stereocenters. The highest BCUT2D eigenvalue weighted by atomic mass is 16.6. The smallest absolute Gasteiger partial charge is 0.293 e. The summed E-state index contributed by atoms with van der Waals surface area (Å²) in [5.74, 6) is 0. The molecular formula is C4H6N3O2. The Morgan fingerprint density at radius 1 is 2.00 bits per heavy atom. The Labute approximate surface area is 52.1 Å². The van der Waals surface area contributed by atoms with Crippen molar-refractivity contribution in [1.82, 2.24) is 4.90 Å². The van der Waals surface area contributed by atoms with E-state index in [1.54, 1.807) is 7.05 Å². The van der Waals surface area contributed by atoms with Gasteiger partial charge in [-0.05, 0) is 0 Å². The summed E-state index contributed by atoms with van der Waals surface area (Å²) in [5.41, 5.74) is 0. The second kappa shape index (κ2) is 2.00. The van der Waals surface area contributed by atoms with Crippen molar-refractivity contribution in [3.8, 4) is 0 Å². The average Bonchev–Trinajstić information content (AvgIpc) is 2.13. The van der Waals surface area contributed by atoms with E-state index in [1.807, 2.05) is 0 Å². The summed E-state index contributed by atoms with van der Waals surface area (Å²) in [4.78, 5) is 14.7. The maximum atomic E-state index is 10.1. The van der Waals surface area contributed by atoms with Crippen LogP contribution in [0.4, 0.5) is 0 Å². The van der Waals surface area contributed by atoms with Crippen LogP contribution >= 0.6 is 0 Å². The minimum Gasteiger partial charge on any atom is -0.293 e. The van der Waals surface area contributed by atoms with E-state index in [4.69, 9.17) is 0 Å². The van der Waals surface area contributed by atoms with Crippen molar-refractivity contribution >= 4 is 6.34 Å². The van der Waals surface area contributed by atoms with Crippen LogP contribution < -0.4 is 0 Å². The maximum absolute atomic E-state index is 10.1. The van der Waals surface area contributed by atoms with Crippen LogP contribution in [-0.2, 0) is 0 Å². The lowest BCUT2D eigenvalue weighted by molar-refractivity contribution is -0.537. The maximum Gasteiger partial charge on any atom is 0.307 e. The van der Waals surface area contributed by atoms with Crippen molar-refractivity contribution in [2.75, 3.05) is 13.6 Å². The standard InChI is InChI=1S/C4H6N3O2/c1-6-3-5-2-4(6)7(8)9/h4H,2H2,1H3. The van der Waals surface area contributed by atoms with Crippen molar-refractivity contribution in [1.29, 1.82) is 0 Å². The van der Waals surface area contributed by atoms with Crippen LogP contribution in [-0.4, -0.2) is 35.9 Å². The number of nitrogens with zero attached hydrogens (tertiary/aromatic N) is 3. The van der Waals surface area contributed by atoms with Crippen LogP contribution in [0.5, 0.6) is 0 Å². The Morgan fingerprint density at radius 3 is 2.89 bits per heavy atom. The second-order valence-corrected chi connectivity index (χ2v) is 1.82. The van der Waals surface area contributed by atoms with Gasteiger partial charge in [0.1, 0.15) is 6.54 Å². The van der Waals surface area contributed by atoms with Gasteiger partial charge in [0.25, 0.3) is 0 Å². The van der Waals surface area contributed by atoms with Gasteiger partial charge in [-0.2, -0.15) is 0 Å². The third-order valence-electron chi connectivity index (χ3n) is 1.17. The number of likely N-dealkylation sites (N-methyl/N-ethyl adjacent to an activating group) is 1. The van der Waals surface area contributed by atoms with Gasteiger partial charge in [-0.25, -0.2) is 0 Å². The molecule has 9 heavy (non-hydrogen) atoms. The minimum atomic E-state index is -0.690. The Hall–Kier alpha value is -1.13. The number of aliphatic imine (C=N–C) groups is 1. The van der Waals surface area contributed by atoms with Crippen LogP contribution in [0.1, 0.15) is 0 Å². The van der Waals surface area contributed by atoms with Crippen molar-refractivity contribution in [3.05, 3.63) is 10.1 Å². The zero-order valence-electron chi connectivity index (χ0n) is 4.94. The summed E-state index contributed by atoms with van der Waals surface area (Å²) >= 11 is 0. The molecule has 0 amide bonds. The van der Waals surface area contributed by atoms with Gasteiger partial charge in [0.2, 0.25) is 0 Å². The first-order chi connectivity index (χ1) is 4.22. The lowest BCUT2D eigenvalue weighted by Gasteiger charge is -2.08. The van der Waals surface area contributed by atoms with Gasteiger partial charge in [-0.15, -0.1) is 0 Å². The molecule has 1 heterocycles. The van der Waals surface area contributed by atoms with Crippen molar-refractivity contribution in [2.45, 2.75) is 6.17 Å². The van der Waals surface area contributed by atoms with E-state index in [1.165, 1.54) is 4.90 Å². The number of hydrogen-bond donors (Lipinski definition) is 0. The van der Waals surface area contributed by atoms with E-state index in [0.29, 0.717) is 0 Å². The molecule has 1 radical (unpaired) electrons. The molecule has 1 aliphatic heterocycles. The van der Waals surface area contributed by atoms with E-state index < -0.39 is 6.17 Å². The average molecular weight is 128 g/mol. The number of hydrogen-bond acceptors (Lipinski definition) is 4. The van der Waals surface area contributed by atoms with Gasteiger partial charge in [0, 0.05) is 12.0 Å². The lowest BCUT2D eigenvalue weighted by atomic mass is 10.5. The molecule has 1 rings (SSSR count). The molecule has 0 saturated carbocycles.